The predicted octanol–water partition coefficient (Wildman–Crippen LogP) is 3.87. The summed E-state index contributed by atoms with van der Waals surface area (Å²) in [5, 5.41) is 8.83. The Kier molecular flexibility index (Phi) is 5.85. The molecule has 3 aromatic heterocycles. The van der Waals surface area contributed by atoms with Gasteiger partial charge in [-0.3, -0.25) is 4.68 Å². The maximum atomic E-state index is 12.8. The van der Waals surface area contributed by atoms with Crippen molar-refractivity contribution in [3.8, 4) is 11.1 Å². The van der Waals surface area contributed by atoms with Crippen LogP contribution < -0.4 is 4.90 Å². The zero-order valence-corrected chi connectivity index (χ0v) is 20.6. The number of aromatic nitrogens is 4. The van der Waals surface area contributed by atoms with Gasteiger partial charge in [0, 0.05) is 62.7 Å². The van der Waals surface area contributed by atoms with E-state index in [0.717, 1.165) is 54.2 Å². The van der Waals surface area contributed by atoms with E-state index < -0.39 is 0 Å². The van der Waals surface area contributed by atoms with Gasteiger partial charge in [0.05, 0.1) is 36.8 Å². The van der Waals surface area contributed by atoms with Crippen LogP contribution in [0.25, 0.3) is 16.6 Å². The second-order valence-electron chi connectivity index (χ2n) is 9.58. The normalized spacial score (nSPS) is 17.3. The molecule has 5 heterocycles. The number of carbonyl (C=O) groups excluding carboxylic acids is 1. The van der Waals surface area contributed by atoms with E-state index in [0.29, 0.717) is 19.0 Å². The van der Waals surface area contributed by atoms with E-state index in [2.05, 4.69) is 51.5 Å². The minimum atomic E-state index is -0.296. The smallest absolute Gasteiger partial charge is 0.410 e. The topological polar surface area (TPSA) is 77.1 Å². The lowest BCUT2D eigenvalue weighted by atomic mass is 9.96. The number of ether oxygens (including phenoxy) is 2. The molecule has 0 aliphatic carbocycles. The molecule has 0 spiro atoms. The average molecular weight is 487 g/mol. The molecule has 186 valence electrons. The first-order valence-corrected chi connectivity index (χ1v) is 12.4. The summed E-state index contributed by atoms with van der Waals surface area (Å²) in [6.45, 7) is 6.18. The van der Waals surface area contributed by atoms with E-state index in [1.165, 1.54) is 5.56 Å². The molecule has 0 N–H and O–H groups in total. The largest absolute Gasteiger partial charge is 0.442 e. The highest BCUT2D eigenvalue weighted by molar-refractivity contribution is 5.76. The third-order valence-electron chi connectivity index (χ3n) is 7.21. The fraction of sp³-hybridized carbons (Fsp3) is 0.370. The molecule has 1 unspecified atom stereocenters. The van der Waals surface area contributed by atoms with Gasteiger partial charge in [0.1, 0.15) is 6.10 Å². The number of piperazine rings is 1. The van der Waals surface area contributed by atoms with Crippen LogP contribution in [0.3, 0.4) is 0 Å². The highest BCUT2D eigenvalue weighted by atomic mass is 16.6. The molecule has 0 radical (unpaired) electrons. The van der Waals surface area contributed by atoms with E-state index in [9.17, 15) is 4.79 Å². The van der Waals surface area contributed by atoms with Gasteiger partial charge in [0.15, 0.2) is 0 Å². The molecular formula is C27H30N6O3. The van der Waals surface area contributed by atoms with Gasteiger partial charge in [0.25, 0.3) is 0 Å². The van der Waals surface area contributed by atoms with Gasteiger partial charge in [-0.2, -0.15) is 10.2 Å². The second kappa shape index (κ2) is 9.31. The van der Waals surface area contributed by atoms with Crippen molar-refractivity contribution in [1.29, 1.82) is 0 Å². The Morgan fingerprint density at radius 1 is 0.972 bits per heavy atom. The average Bonchev–Trinajstić information content (AvgIpc) is 3.49. The summed E-state index contributed by atoms with van der Waals surface area (Å²) in [6.07, 6.45) is 7.21. The van der Waals surface area contributed by atoms with E-state index in [1.807, 2.05) is 43.3 Å². The number of fused-ring (bicyclic) bond motifs is 1. The van der Waals surface area contributed by atoms with Crippen molar-refractivity contribution in [2.45, 2.75) is 18.9 Å². The molecule has 4 aromatic rings. The highest BCUT2D eigenvalue weighted by Gasteiger charge is 2.26. The van der Waals surface area contributed by atoms with E-state index in [1.54, 1.807) is 9.58 Å². The van der Waals surface area contributed by atoms with Gasteiger partial charge < -0.3 is 19.3 Å². The van der Waals surface area contributed by atoms with Crippen molar-refractivity contribution in [3.63, 3.8) is 0 Å². The number of nitrogens with zero attached hydrogens (tertiary/aromatic N) is 6. The molecule has 6 rings (SSSR count). The first kappa shape index (κ1) is 22.6. The van der Waals surface area contributed by atoms with Gasteiger partial charge in [-0.15, -0.1) is 0 Å². The summed E-state index contributed by atoms with van der Waals surface area (Å²) in [4.78, 5) is 16.9. The van der Waals surface area contributed by atoms with Gasteiger partial charge >= 0.3 is 6.09 Å². The molecule has 9 nitrogen and oxygen atoms in total. The number of pyridine rings is 1. The quantitative estimate of drug-likeness (QED) is 0.426. The number of hydrogen-bond acceptors (Lipinski definition) is 6. The summed E-state index contributed by atoms with van der Waals surface area (Å²) in [6, 6.07) is 12.5. The first-order chi connectivity index (χ1) is 17.5. The molecule has 2 saturated heterocycles. The van der Waals surface area contributed by atoms with Crippen LogP contribution in [0.15, 0.2) is 61.2 Å². The van der Waals surface area contributed by atoms with Gasteiger partial charge in [-0.1, -0.05) is 30.3 Å². The SMILES string of the molecule is CC(OC(=O)N1CCN(c2cnn3cc(-c4cnn(C)c4)ccc23)CC1)c1ccc(C2COC2)cc1. The molecule has 2 aliphatic heterocycles. The summed E-state index contributed by atoms with van der Waals surface area (Å²) < 4.78 is 14.8. The van der Waals surface area contributed by atoms with E-state index >= 15 is 0 Å². The lowest BCUT2D eigenvalue weighted by Gasteiger charge is -2.35. The van der Waals surface area contributed by atoms with Crippen molar-refractivity contribution in [2.75, 3.05) is 44.3 Å². The maximum absolute atomic E-state index is 12.8. The molecule has 36 heavy (non-hydrogen) atoms. The molecule has 0 bridgehead atoms. The van der Waals surface area contributed by atoms with E-state index in [-0.39, 0.29) is 12.2 Å². The molecule has 9 heteroatoms. The Bertz CT molecular complexity index is 1370. The number of carbonyl (C=O) groups is 1. The molecule has 0 saturated carbocycles. The Morgan fingerprint density at radius 2 is 1.75 bits per heavy atom. The van der Waals surface area contributed by atoms with Gasteiger partial charge in [-0.25, -0.2) is 9.31 Å². The monoisotopic (exact) mass is 486 g/mol. The molecular weight excluding hydrogens is 456 g/mol. The molecule has 1 aromatic carbocycles. The Balaban J connectivity index is 1.06. The van der Waals surface area contributed by atoms with Crippen molar-refractivity contribution >= 4 is 17.3 Å². The zero-order chi connectivity index (χ0) is 24.6. The van der Waals surface area contributed by atoms with Crippen LogP contribution in [0.2, 0.25) is 0 Å². The lowest BCUT2D eigenvalue weighted by molar-refractivity contribution is 0.00840. The van der Waals surface area contributed by atoms with Crippen LogP contribution in [0, 0.1) is 0 Å². The van der Waals surface area contributed by atoms with Crippen LogP contribution in [0.1, 0.15) is 30.1 Å². The number of anilines is 1. The molecule has 2 aliphatic rings. The van der Waals surface area contributed by atoms with Crippen LogP contribution in [0.4, 0.5) is 10.5 Å². The number of benzene rings is 1. The van der Waals surface area contributed by atoms with E-state index in [4.69, 9.17) is 9.47 Å². The first-order valence-electron chi connectivity index (χ1n) is 12.4. The van der Waals surface area contributed by atoms with Crippen molar-refractivity contribution < 1.29 is 14.3 Å². The summed E-state index contributed by atoms with van der Waals surface area (Å²) in [7, 11) is 1.91. The Morgan fingerprint density at radius 3 is 2.42 bits per heavy atom. The number of aryl methyl sites for hydroxylation is 1. The van der Waals surface area contributed by atoms with Crippen LogP contribution >= 0.6 is 0 Å². The summed E-state index contributed by atoms with van der Waals surface area (Å²) in [5.41, 5.74) is 6.53. The van der Waals surface area contributed by atoms with Crippen molar-refractivity contribution in [2.24, 2.45) is 7.05 Å². The van der Waals surface area contributed by atoms with Crippen molar-refractivity contribution in [1.82, 2.24) is 24.3 Å². The molecule has 2 fully saturated rings. The summed E-state index contributed by atoms with van der Waals surface area (Å²) in [5.74, 6) is 0.490. The Labute approximate surface area is 209 Å². The fourth-order valence-electron chi connectivity index (χ4n) is 4.85. The minimum Gasteiger partial charge on any atom is -0.442 e. The molecule has 1 amide bonds. The maximum Gasteiger partial charge on any atom is 0.410 e. The van der Waals surface area contributed by atoms with Crippen LogP contribution in [0.5, 0.6) is 0 Å². The number of amides is 1. The van der Waals surface area contributed by atoms with Gasteiger partial charge in [-0.05, 0) is 24.1 Å². The number of hydrogen-bond donors (Lipinski definition) is 0. The third-order valence-corrected chi connectivity index (χ3v) is 7.21. The number of rotatable bonds is 5. The summed E-state index contributed by atoms with van der Waals surface area (Å²) >= 11 is 0. The second-order valence-corrected chi connectivity index (χ2v) is 9.58. The lowest BCUT2D eigenvalue weighted by Crippen LogP contribution is -2.49. The van der Waals surface area contributed by atoms with Gasteiger partial charge in [0.2, 0.25) is 0 Å². The Hall–Kier alpha value is -3.85. The standard InChI is InChI=1S/C27H30N6O3/c1-19(20-3-5-21(6-4-20)24-17-35-18-24)36-27(34)32-11-9-31(10-12-32)26-14-29-33-16-22(7-8-25(26)33)23-13-28-30(2)15-23/h3-8,13-16,19,24H,9-12,17-18H2,1-2H3. The van der Waals surface area contributed by atoms with Crippen LogP contribution in [-0.2, 0) is 16.5 Å². The fourth-order valence-corrected chi connectivity index (χ4v) is 4.85. The minimum absolute atomic E-state index is 0.264. The van der Waals surface area contributed by atoms with Crippen LogP contribution in [-0.4, -0.2) is 69.8 Å². The molecule has 1 atom stereocenters. The third kappa shape index (κ3) is 4.30. The highest BCUT2D eigenvalue weighted by Crippen LogP contribution is 2.28. The van der Waals surface area contributed by atoms with Crippen molar-refractivity contribution in [3.05, 3.63) is 72.3 Å². The predicted molar refractivity (Wildman–Crippen MR) is 136 cm³/mol. The zero-order valence-electron chi connectivity index (χ0n) is 20.6.